The van der Waals surface area contributed by atoms with Crippen LogP contribution >= 0.6 is 11.3 Å². The SMILES string of the molecule is CCOC(=O)C1=NNC[C@@H]1c1cccs1. The molecule has 80 valence electrons. The largest absolute Gasteiger partial charge is 0.461 e. The molecule has 0 saturated heterocycles. The molecule has 4 nitrogen and oxygen atoms in total. The Morgan fingerprint density at radius 3 is 3.33 bits per heavy atom. The van der Waals surface area contributed by atoms with E-state index in [2.05, 4.69) is 10.5 Å². The number of ether oxygens (including phenoxy) is 1. The van der Waals surface area contributed by atoms with Crippen LogP contribution in [0.2, 0.25) is 0 Å². The number of rotatable bonds is 3. The molecule has 1 aliphatic heterocycles. The van der Waals surface area contributed by atoms with Crippen molar-refractivity contribution in [2.45, 2.75) is 12.8 Å². The lowest BCUT2D eigenvalue weighted by Crippen LogP contribution is -2.22. The van der Waals surface area contributed by atoms with Crippen molar-refractivity contribution in [3.8, 4) is 0 Å². The number of carbonyl (C=O) groups excluding carboxylic acids is 1. The van der Waals surface area contributed by atoms with Crippen molar-refractivity contribution >= 4 is 23.0 Å². The topological polar surface area (TPSA) is 50.7 Å². The molecule has 2 heterocycles. The van der Waals surface area contributed by atoms with Crippen LogP contribution in [0.3, 0.4) is 0 Å². The van der Waals surface area contributed by atoms with Gasteiger partial charge in [0.1, 0.15) is 0 Å². The van der Waals surface area contributed by atoms with Crippen LogP contribution < -0.4 is 5.43 Å². The summed E-state index contributed by atoms with van der Waals surface area (Å²) >= 11 is 1.63. The van der Waals surface area contributed by atoms with Gasteiger partial charge < -0.3 is 10.2 Å². The van der Waals surface area contributed by atoms with Crippen molar-refractivity contribution in [3.63, 3.8) is 0 Å². The van der Waals surface area contributed by atoms with E-state index in [-0.39, 0.29) is 11.9 Å². The first-order chi connectivity index (χ1) is 7.33. The summed E-state index contributed by atoms with van der Waals surface area (Å²) in [6.07, 6.45) is 0. The van der Waals surface area contributed by atoms with Crippen LogP contribution in [0.25, 0.3) is 0 Å². The van der Waals surface area contributed by atoms with E-state index in [0.717, 1.165) is 4.88 Å². The summed E-state index contributed by atoms with van der Waals surface area (Å²) in [4.78, 5) is 12.7. The van der Waals surface area contributed by atoms with Gasteiger partial charge in [-0.3, -0.25) is 0 Å². The number of hydrogen-bond donors (Lipinski definition) is 1. The van der Waals surface area contributed by atoms with Gasteiger partial charge in [0.2, 0.25) is 0 Å². The van der Waals surface area contributed by atoms with Gasteiger partial charge in [-0.2, -0.15) is 5.10 Å². The van der Waals surface area contributed by atoms with Crippen LogP contribution in [-0.4, -0.2) is 24.8 Å². The van der Waals surface area contributed by atoms with E-state index in [0.29, 0.717) is 18.9 Å². The first kappa shape index (κ1) is 10.2. The quantitative estimate of drug-likeness (QED) is 0.788. The van der Waals surface area contributed by atoms with E-state index in [4.69, 9.17) is 4.74 Å². The van der Waals surface area contributed by atoms with Crippen molar-refractivity contribution in [2.24, 2.45) is 5.10 Å². The molecule has 0 radical (unpaired) electrons. The predicted molar refractivity (Wildman–Crippen MR) is 59.1 cm³/mol. The van der Waals surface area contributed by atoms with E-state index in [1.165, 1.54) is 0 Å². The van der Waals surface area contributed by atoms with E-state index in [1.807, 2.05) is 17.5 Å². The van der Waals surface area contributed by atoms with Crippen LogP contribution in [0.1, 0.15) is 17.7 Å². The van der Waals surface area contributed by atoms with Crippen molar-refractivity contribution in [1.29, 1.82) is 0 Å². The average Bonchev–Trinajstić information content (AvgIpc) is 2.88. The second kappa shape index (κ2) is 4.44. The highest BCUT2D eigenvalue weighted by molar-refractivity contribution is 7.10. The van der Waals surface area contributed by atoms with Gasteiger partial charge in [-0.15, -0.1) is 11.3 Å². The van der Waals surface area contributed by atoms with E-state index in [9.17, 15) is 4.79 Å². The fraction of sp³-hybridized carbons (Fsp3) is 0.400. The third-order valence-corrected chi connectivity index (χ3v) is 3.18. The fourth-order valence-electron chi connectivity index (χ4n) is 1.51. The van der Waals surface area contributed by atoms with Crippen LogP contribution in [0, 0.1) is 0 Å². The van der Waals surface area contributed by atoms with E-state index >= 15 is 0 Å². The minimum Gasteiger partial charge on any atom is -0.461 e. The maximum Gasteiger partial charge on any atom is 0.355 e. The maximum atomic E-state index is 11.6. The summed E-state index contributed by atoms with van der Waals surface area (Å²) in [5.74, 6) is -0.273. The molecular formula is C10H12N2O2S. The second-order valence-corrected chi connectivity index (χ2v) is 4.13. The molecule has 1 aromatic rings. The standard InChI is InChI=1S/C10H12N2O2S/c1-2-14-10(13)9-7(6-11-12-9)8-4-3-5-15-8/h3-5,7,11H,2,6H2,1H3/t7-/m1/s1. The number of carbonyl (C=O) groups is 1. The Morgan fingerprint density at radius 1 is 1.80 bits per heavy atom. The van der Waals surface area contributed by atoms with Gasteiger partial charge in [0.25, 0.3) is 0 Å². The third kappa shape index (κ3) is 2.02. The Kier molecular flexibility index (Phi) is 3.01. The Balaban J connectivity index is 2.15. The summed E-state index contributed by atoms with van der Waals surface area (Å²) in [5, 5.41) is 5.99. The lowest BCUT2D eigenvalue weighted by Gasteiger charge is -2.08. The lowest BCUT2D eigenvalue weighted by atomic mass is 10.0. The normalized spacial score (nSPS) is 19.5. The molecule has 0 spiro atoms. The molecule has 0 aromatic carbocycles. The zero-order chi connectivity index (χ0) is 10.7. The lowest BCUT2D eigenvalue weighted by molar-refractivity contribution is -0.135. The first-order valence-corrected chi connectivity index (χ1v) is 5.72. The molecule has 1 N–H and O–H groups in total. The zero-order valence-electron chi connectivity index (χ0n) is 8.40. The third-order valence-electron chi connectivity index (χ3n) is 2.20. The summed E-state index contributed by atoms with van der Waals surface area (Å²) in [6, 6.07) is 3.98. The molecule has 5 heteroatoms. The summed E-state index contributed by atoms with van der Waals surface area (Å²) in [7, 11) is 0. The molecule has 1 aliphatic rings. The maximum absolute atomic E-state index is 11.6. The Labute approximate surface area is 91.9 Å². The van der Waals surface area contributed by atoms with Gasteiger partial charge in [0, 0.05) is 11.4 Å². The first-order valence-electron chi connectivity index (χ1n) is 4.84. The van der Waals surface area contributed by atoms with Gasteiger partial charge in [0.05, 0.1) is 12.5 Å². The van der Waals surface area contributed by atoms with Gasteiger partial charge >= 0.3 is 5.97 Å². The highest BCUT2D eigenvalue weighted by Crippen LogP contribution is 2.25. The average molecular weight is 224 g/mol. The molecule has 0 fully saturated rings. The van der Waals surface area contributed by atoms with Gasteiger partial charge in [-0.05, 0) is 18.4 Å². The molecule has 1 atom stereocenters. The summed E-state index contributed by atoms with van der Waals surface area (Å²) in [6.45, 7) is 2.85. The summed E-state index contributed by atoms with van der Waals surface area (Å²) < 4.78 is 4.95. The van der Waals surface area contributed by atoms with Gasteiger partial charge in [-0.1, -0.05) is 6.07 Å². The molecule has 15 heavy (non-hydrogen) atoms. The molecule has 0 amide bonds. The number of hydrazone groups is 1. The molecular weight excluding hydrogens is 212 g/mol. The minimum atomic E-state index is -0.319. The fourth-order valence-corrected chi connectivity index (χ4v) is 2.35. The van der Waals surface area contributed by atoms with Gasteiger partial charge in [-0.25, -0.2) is 4.79 Å². The zero-order valence-corrected chi connectivity index (χ0v) is 9.21. The molecule has 0 saturated carbocycles. The molecule has 0 aliphatic carbocycles. The highest BCUT2D eigenvalue weighted by Gasteiger charge is 2.30. The molecule has 0 unspecified atom stereocenters. The van der Waals surface area contributed by atoms with Crippen LogP contribution in [0.4, 0.5) is 0 Å². The number of thiophene rings is 1. The molecule has 2 rings (SSSR count). The summed E-state index contributed by atoms with van der Waals surface area (Å²) in [5.41, 5.74) is 3.33. The number of nitrogens with one attached hydrogen (secondary N) is 1. The smallest absolute Gasteiger partial charge is 0.355 e. The Hall–Kier alpha value is -1.36. The van der Waals surface area contributed by atoms with Crippen LogP contribution in [-0.2, 0) is 9.53 Å². The van der Waals surface area contributed by atoms with Crippen molar-refractivity contribution < 1.29 is 9.53 Å². The molecule has 0 bridgehead atoms. The molecule has 1 aromatic heterocycles. The van der Waals surface area contributed by atoms with Crippen molar-refractivity contribution in [1.82, 2.24) is 5.43 Å². The van der Waals surface area contributed by atoms with E-state index < -0.39 is 0 Å². The highest BCUT2D eigenvalue weighted by atomic mass is 32.1. The monoisotopic (exact) mass is 224 g/mol. The van der Waals surface area contributed by atoms with Crippen molar-refractivity contribution in [3.05, 3.63) is 22.4 Å². The van der Waals surface area contributed by atoms with E-state index in [1.54, 1.807) is 18.3 Å². The minimum absolute atomic E-state index is 0.0454. The van der Waals surface area contributed by atoms with Gasteiger partial charge in [0.15, 0.2) is 5.71 Å². The van der Waals surface area contributed by atoms with Crippen molar-refractivity contribution in [2.75, 3.05) is 13.2 Å². The van der Waals surface area contributed by atoms with Crippen LogP contribution in [0.5, 0.6) is 0 Å². The second-order valence-electron chi connectivity index (χ2n) is 3.15. The number of hydrogen-bond acceptors (Lipinski definition) is 5. The Bertz CT molecular complexity index is 373. The predicted octanol–water partition coefficient (Wildman–Crippen LogP) is 1.35. The Morgan fingerprint density at radius 2 is 2.67 bits per heavy atom. The number of esters is 1. The number of nitrogens with zero attached hydrogens (tertiary/aromatic N) is 1. The van der Waals surface area contributed by atoms with Crippen LogP contribution in [0.15, 0.2) is 22.6 Å².